The van der Waals surface area contributed by atoms with Gasteiger partial charge >= 0.3 is 12.0 Å². The van der Waals surface area contributed by atoms with Gasteiger partial charge in [-0.3, -0.25) is 4.79 Å². The summed E-state index contributed by atoms with van der Waals surface area (Å²) in [5.41, 5.74) is 0. The molecule has 0 saturated carbocycles. The van der Waals surface area contributed by atoms with E-state index >= 15 is 0 Å². The zero-order valence-electron chi connectivity index (χ0n) is 11.4. The zero-order valence-corrected chi connectivity index (χ0v) is 11.4. The Hall–Kier alpha value is -1.26. The third kappa shape index (κ3) is 6.14. The van der Waals surface area contributed by atoms with Crippen molar-refractivity contribution in [1.29, 1.82) is 0 Å². The Bertz CT molecular complexity index is 264. The minimum Gasteiger partial charge on any atom is -0.481 e. The van der Waals surface area contributed by atoms with E-state index in [1.807, 2.05) is 27.7 Å². The minimum absolute atomic E-state index is 0.00297. The average Bonchev–Trinajstić information content (AvgIpc) is 2.15. The van der Waals surface area contributed by atoms with Crippen molar-refractivity contribution < 1.29 is 14.7 Å². The van der Waals surface area contributed by atoms with Crippen molar-refractivity contribution in [2.45, 2.75) is 27.7 Å². The second-order valence-corrected chi connectivity index (χ2v) is 5.15. The van der Waals surface area contributed by atoms with Crippen LogP contribution in [0.25, 0.3) is 0 Å². The molecule has 100 valence electrons. The van der Waals surface area contributed by atoms with Crippen molar-refractivity contribution in [3.05, 3.63) is 0 Å². The molecular formula is C12H24N2O3. The van der Waals surface area contributed by atoms with E-state index in [-0.39, 0.29) is 18.5 Å². The number of carbonyl (C=O) groups excluding carboxylic acids is 1. The van der Waals surface area contributed by atoms with E-state index in [4.69, 9.17) is 5.11 Å². The van der Waals surface area contributed by atoms with Crippen LogP contribution in [0.2, 0.25) is 0 Å². The molecule has 0 heterocycles. The molecule has 0 aliphatic rings. The summed E-state index contributed by atoms with van der Waals surface area (Å²) >= 11 is 0. The topological polar surface area (TPSA) is 69.6 Å². The normalized spacial score (nSPS) is 12.6. The number of nitrogens with zero attached hydrogens (tertiary/aromatic N) is 1. The van der Waals surface area contributed by atoms with Gasteiger partial charge in [-0.2, -0.15) is 0 Å². The van der Waals surface area contributed by atoms with E-state index in [1.54, 1.807) is 11.9 Å². The molecule has 0 aliphatic carbocycles. The van der Waals surface area contributed by atoms with Gasteiger partial charge in [-0.15, -0.1) is 0 Å². The summed E-state index contributed by atoms with van der Waals surface area (Å²) in [5.74, 6) is -1.01. The molecule has 0 spiro atoms. The Kier molecular flexibility index (Phi) is 6.61. The van der Waals surface area contributed by atoms with E-state index in [1.165, 1.54) is 0 Å². The van der Waals surface area contributed by atoms with Crippen molar-refractivity contribution in [2.75, 3.05) is 20.1 Å². The maximum absolute atomic E-state index is 11.7. The molecule has 1 unspecified atom stereocenters. The molecular weight excluding hydrogens is 220 g/mol. The lowest BCUT2D eigenvalue weighted by Gasteiger charge is -2.22. The largest absolute Gasteiger partial charge is 0.481 e. The Balaban J connectivity index is 4.17. The monoisotopic (exact) mass is 244 g/mol. The van der Waals surface area contributed by atoms with Gasteiger partial charge < -0.3 is 15.3 Å². The van der Waals surface area contributed by atoms with Crippen molar-refractivity contribution in [2.24, 2.45) is 17.8 Å². The number of amides is 2. The molecule has 2 amide bonds. The van der Waals surface area contributed by atoms with E-state index in [0.29, 0.717) is 12.5 Å². The van der Waals surface area contributed by atoms with Crippen LogP contribution in [0.5, 0.6) is 0 Å². The smallest absolute Gasteiger partial charge is 0.317 e. The highest BCUT2D eigenvalue weighted by molar-refractivity contribution is 5.75. The number of carboxylic acid groups (broad SMARTS) is 1. The maximum atomic E-state index is 11.7. The van der Waals surface area contributed by atoms with Crippen LogP contribution in [0.1, 0.15) is 27.7 Å². The summed E-state index contributed by atoms with van der Waals surface area (Å²) < 4.78 is 0. The second-order valence-electron chi connectivity index (χ2n) is 5.15. The van der Waals surface area contributed by atoms with Crippen LogP contribution in [0.3, 0.4) is 0 Å². The van der Waals surface area contributed by atoms with Crippen LogP contribution in [-0.2, 0) is 4.79 Å². The highest BCUT2D eigenvalue weighted by Gasteiger charge is 2.22. The fourth-order valence-electron chi connectivity index (χ4n) is 1.57. The van der Waals surface area contributed by atoms with E-state index in [2.05, 4.69) is 5.32 Å². The Morgan fingerprint density at radius 2 is 1.76 bits per heavy atom. The van der Waals surface area contributed by atoms with Gasteiger partial charge in [0, 0.05) is 20.1 Å². The van der Waals surface area contributed by atoms with E-state index < -0.39 is 11.9 Å². The molecule has 0 bridgehead atoms. The van der Waals surface area contributed by atoms with Crippen molar-refractivity contribution in [1.82, 2.24) is 10.2 Å². The summed E-state index contributed by atoms with van der Waals surface area (Å²) in [7, 11) is 1.71. The summed E-state index contributed by atoms with van der Waals surface area (Å²) in [6.07, 6.45) is 0. The molecule has 0 aromatic rings. The lowest BCUT2D eigenvalue weighted by atomic mass is 9.96. The quantitative estimate of drug-likeness (QED) is 0.746. The lowest BCUT2D eigenvalue weighted by molar-refractivity contribution is -0.142. The first-order valence-electron chi connectivity index (χ1n) is 5.97. The number of nitrogens with one attached hydrogen (secondary N) is 1. The van der Waals surface area contributed by atoms with Crippen LogP contribution in [0.15, 0.2) is 0 Å². The minimum atomic E-state index is -0.869. The predicted octanol–water partition coefficient (Wildman–Crippen LogP) is 1.64. The molecule has 5 heteroatoms. The van der Waals surface area contributed by atoms with Crippen LogP contribution in [-0.4, -0.2) is 42.1 Å². The maximum Gasteiger partial charge on any atom is 0.317 e. The molecule has 17 heavy (non-hydrogen) atoms. The molecule has 1 atom stereocenters. The van der Waals surface area contributed by atoms with Gasteiger partial charge in [-0.05, 0) is 11.8 Å². The third-order valence-corrected chi connectivity index (χ3v) is 2.58. The Morgan fingerprint density at radius 3 is 2.12 bits per heavy atom. The van der Waals surface area contributed by atoms with Gasteiger partial charge in [0.1, 0.15) is 0 Å². The molecule has 0 radical (unpaired) electrons. The van der Waals surface area contributed by atoms with Gasteiger partial charge in [0.25, 0.3) is 0 Å². The summed E-state index contributed by atoms with van der Waals surface area (Å²) in [5, 5.41) is 11.6. The predicted molar refractivity (Wildman–Crippen MR) is 66.8 cm³/mol. The van der Waals surface area contributed by atoms with Crippen LogP contribution >= 0.6 is 0 Å². The summed E-state index contributed by atoms with van der Waals surface area (Å²) in [4.78, 5) is 24.2. The standard InChI is InChI=1S/C12H24N2O3/c1-8(2)7-14(5)12(17)13-6-10(9(3)4)11(15)16/h8-10H,6-7H2,1-5H3,(H,13,17)(H,15,16). The fourth-order valence-corrected chi connectivity index (χ4v) is 1.57. The molecule has 2 N–H and O–H groups in total. The van der Waals surface area contributed by atoms with Gasteiger partial charge in [-0.25, -0.2) is 4.79 Å². The molecule has 0 aromatic heterocycles. The van der Waals surface area contributed by atoms with Crippen LogP contribution in [0.4, 0.5) is 4.79 Å². The molecule has 0 aliphatic heterocycles. The van der Waals surface area contributed by atoms with Gasteiger partial charge in [0.15, 0.2) is 0 Å². The molecule has 0 saturated heterocycles. The number of urea groups is 1. The SMILES string of the molecule is CC(C)CN(C)C(=O)NCC(C(=O)O)C(C)C. The first kappa shape index (κ1) is 15.7. The van der Waals surface area contributed by atoms with Crippen molar-refractivity contribution in [3.63, 3.8) is 0 Å². The highest BCUT2D eigenvalue weighted by Crippen LogP contribution is 2.09. The lowest BCUT2D eigenvalue weighted by Crippen LogP contribution is -2.43. The fraction of sp³-hybridized carbons (Fsp3) is 0.833. The average molecular weight is 244 g/mol. The van der Waals surface area contributed by atoms with Crippen molar-refractivity contribution >= 4 is 12.0 Å². The van der Waals surface area contributed by atoms with Gasteiger partial charge in [-0.1, -0.05) is 27.7 Å². The number of hydrogen-bond donors (Lipinski definition) is 2. The number of aliphatic carboxylic acids is 1. The third-order valence-electron chi connectivity index (χ3n) is 2.58. The summed E-state index contributed by atoms with van der Waals surface area (Å²) in [6.45, 7) is 8.56. The second kappa shape index (κ2) is 7.14. The van der Waals surface area contributed by atoms with Crippen LogP contribution < -0.4 is 5.32 Å². The number of hydrogen-bond acceptors (Lipinski definition) is 2. The van der Waals surface area contributed by atoms with E-state index in [9.17, 15) is 9.59 Å². The number of carboxylic acids is 1. The summed E-state index contributed by atoms with van der Waals surface area (Å²) in [6, 6.07) is -0.217. The van der Waals surface area contributed by atoms with Crippen molar-refractivity contribution in [3.8, 4) is 0 Å². The van der Waals surface area contributed by atoms with Crippen LogP contribution in [0, 0.1) is 17.8 Å². The van der Waals surface area contributed by atoms with E-state index in [0.717, 1.165) is 0 Å². The Labute approximate surface area is 103 Å². The highest BCUT2D eigenvalue weighted by atomic mass is 16.4. The Morgan fingerprint density at radius 1 is 1.24 bits per heavy atom. The molecule has 0 fully saturated rings. The van der Waals surface area contributed by atoms with Gasteiger partial charge in [0.2, 0.25) is 0 Å². The first-order chi connectivity index (χ1) is 7.75. The van der Waals surface area contributed by atoms with Gasteiger partial charge in [0.05, 0.1) is 5.92 Å². The molecule has 0 rings (SSSR count). The zero-order chi connectivity index (χ0) is 13.6. The molecule has 0 aromatic carbocycles. The molecule has 5 nitrogen and oxygen atoms in total. The number of rotatable bonds is 6. The number of carbonyl (C=O) groups is 2. The first-order valence-corrected chi connectivity index (χ1v) is 5.97.